The summed E-state index contributed by atoms with van der Waals surface area (Å²) in [6.07, 6.45) is 0. The van der Waals surface area contributed by atoms with Gasteiger partial charge in [-0.1, -0.05) is 60.1 Å². The molecule has 0 bridgehead atoms. The zero-order valence-corrected chi connectivity index (χ0v) is 13.5. The van der Waals surface area contributed by atoms with Crippen molar-refractivity contribution >= 4 is 33.1 Å². The van der Waals surface area contributed by atoms with E-state index in [1.165, 1.54) is 12.1 Å². The van der Waals surface area contributed by atoms with Crippen LogP contribution in [0.1, 0.15) is 16.4 Å². The molecule has 23 heavy (non-hydrogen) atoms. The van der Waals surface area contributed by atoms with Crippen molar-refractivity contribution in [3.8, 4) is 0 Å². The van der Waals surface area contributed by atoms with E-state index in [0.717, 1.165) is 0 Å². The molecule has 0 fully saturated rings. The standard InChI is InChI=1S/C16H14ClNO4S/c17-13-9-5-4-8-12(13)15(14(19)16(18)20)23(21,22)10-11-6-2-1-3-7-11/h1-9,15H,10H2,(H2,18,20)/t15-/m0/s1. The lowest BCUT2D eigenvalue weighted by molar-refractivity contribution is -0.135. The largest absolute Gasteiger partial charge is 0.363 e. The van der Waals surface area contributed by atoms with E-state index >= 15 is 0 Å². The van der Waals surface area contributed by atoms with Gasteiger partial charge in [0.15, 0.2) is 15.1 Å². The summed E-state index contributed by atoms with van der Waals surface area (Å²) in [4.78, 5) is 23.4. The first-order valence-corrected chi connectivity index (χ1v) is 8.76. The Morgan fingerprint density at radius 1 is 1.00 bits per heavy atom. The Hall–Kier alpha value is -2.18. The van der Waals surface area contributed by atoms with Gasteiger partial charge in [0.1, 0.15) is 0 Å². The minimum absolute atomic E-state index is 0.0499. The summed E-state index contributed by atoms with van der Waals surface area (Å²) in [6, 6.07) is 14.4. The molecule has 5 nitrogen and oxygen atoms in total. The predicted octanol–water partition coefficient (Wildman–Crippen LogP) is 2.05. The number of rotatable bonds is 6. The lowest BCUT2D eigenvalue weighted by Crippen LogP contribution is -2.34. The molecular formula is C16H14ClNO4S. The highest BCUT2D eigenvalue weighted by Gasteiger charge is 2.38. The van der Waals surface area contributed by atoms with Crippen LogP contribution in [0.2, 0.25) is 5.02 Å². The average molecular weight is 352 g/mol. The van der Waals surface area contributed by atoms with Crippen molar-refractivity contribution in [1.29, 1.82) is 0 Å². The number of carbonyl (C=O) groups excluding carboxylic acids is 2. The lowest BCUT2D eigenvalue weighted by atomic mass is 10.1. The fraction of sp³-hybridized carbons (Fsp3) is 0.125. The van der Waals surface area contributed by atoms with E-state index < -0.39 is 32.5 Å². The first kappa shape index (κ1) is 17.2. The van der Waals surface area contributed by atoms with E-state index in [-0.39, 0.29) is 10.6 Å². The van der Waals surface area contributed by atoms with Gasteiger partial charge in [0.05, 0.1) is 5.75 Å². The lowest BCUT2D eigenvalue weighted by Gasteiger charge is -2.17. The normalized spacial score (nSPS) is 12.6. The zero-order chi connectivity index (χ0) is 17.0. The van der Waals surface area contributed by atoms with Gasteiger partial charge in [0.25, 0.3) is 5.91 Å². The monoisotopic (exact) mass is 351 g/mol. The van der Waals surface area contributed by atoms with E-state index in [9.17, 15) is 18.0 Å². The van der Waals surface area contributed by atoms with Crippen molar-refractivity contribution < 1.29 is 18.0 Å². The highest BCUT2D eigenvalue weighted by Crippen LogP contribution is 2.31. The van der Waals surface area contributed by atoms with Crippen molar-refractivity contribution in [3.63, 3.8) is 0 Å². The van der Waals surface area contributed by atoms with Gasteiger partial charge in [-0.25, -0.2) is 8.42 Å². The van der Waals surface area contributed by atoms with Crippen LogP contribution >= 0.6 is 11.6 Å². The Bertz CT molecular complexity index is 834. The Balaban J connectivity index is 2.51. The van der Waals surface area contributed by atoms with Gasteiger partial charge in [0.2, 0.25) is 5.78 Å². The van der Waals surface area contributed by atoms with E-state index in [1.807, 2.05) is 0 Å². The number of hydrogen-bond acceptors (Lipinski definition) is 4. The van der Waals surface area contributed by atoms with Crippen LogP contribution in [0.5, 0.6) is 0 Å². The summed E-state index contributed by atoms with van der Waals surface area (Å²) in [5.74, 6) is -2.91. The minimum Gasteiger partial charge on any atom is -0.363 e. The Morgan fingerprint density at radius 2 is 1.57 bits per heavy atom. The number of benzene rings is 2. The van der Waals surface area contributed by atoms with Crippen molar-refractivity contribution in [2.75, 3.05) is 0 Å². The molecule has 2 aromatic carbocycles. The van der Waals surface area contributed by atoms with Gasteiger partial charge in [0, 0.05) is 5.02 Å². The zero-order valence-electron chi connectivity index (χ0n) is 12.0. The van der Waals surface area contributed by atoms with Crippen LogP contribution in [-0.4, -0.2) is 20.1 Å². The molecular weight excluding hydrogens is 338 g/mol. The molecule has 0 aliphatic rings. The molecule has 0 unspecified atom stereocenters. The summed E-state index contributed by atoms with van der Waals surface area (Å²) >= 11 is 6.01. The first-order chi connectivity index (χ1) is 10.8. The van der Waals surface area contributed by atoms with E-state index in [2.05, 4.69) is 0 Å². The van der Waals surface area contributed by atoms with Crippen molar-refractivity contribution in [3.05, 3.63) is 70.7 Å². The second kappa shape index (κ2) is 6.93. The van der Waals surface area contributed by atoms with Crippen LogP contribution in [0, 0.1) is 0 Å². The predicted molar refractivity (Wildman–Crippen MR) is 87.5 cm³/mol. The van der Waals surface area contributed by atoms with Crippen LogP contribution in [0.15, 0.2) is 54.6 Å². The van der Waals surface area contributed by atoms with Crippen molar-refractivity contribution in [2.24, 2.45) is 5.73 Å². The maximum Gasteiger partial charge on any atom is 0.286 e. The van der Waals surface area contributed by atoms with Gasteiger partial charge in [-0.15, -0.1) is 0 Å². The summed E-state index contributed by atoms with van der Waals surface area (Å²) in [5, 5.41) is -1.63. The molecule has 1 atom stereocenters. The molecule has 0 heterocycles. The molecule has 0 saturated heterocycles. The third-order valence-corrected chi connectivity index (χ3v) is 5.50. The molecule has 0 saturated carbocycles. The second-order valence-electron chi connectivity index (χ2n) is 4.92. The van der Waals surface area contributed by atoms with Gasteiger partial charge < -0.3 is 5.73 Å². The molecule has 120 valence electrons. The number of amides is 1. The van der Waals surface area contributed by atoms with Gasteiger partial charge in [-0.3, -0.25) is 9.59 Å². The van der Waals surface area contributed by atoms with Crippen molar-refractivity contribution in [1.82, 2.24) is 0 Å². The third kappa shape index (κ3) is 3.97. The summed E-state index contributed by atoms with van der Waals surface area (Å²) < 4.78 is 25.4. The summed E-state index contributed by atoms with van der Waals surface area (Å²) in [7, 11) is -4.03. The summed E-state index contributed by atoms with van der Waals surface area (Å²) in [5.41, 5.74) is 5.57. The topological polar surface area (TPSA) is 94.3 Å². The molecule has 0 aliphatic heterocycles. The van der Waals surface area contributed by atoms with Gasteiger partial charge in [-0.2, -0.15) is 0 Å². The second-order valence-corrected chi connectivity index (χ2v) is 7.42. The molecule has 2 N–H and O–H groups in total. The Labute approximate surface area is 139 Å². The molecule has 1 amide bonds. The number of sulfone groups is 1. The number of carbonyl (C=O) groups is 2. The Kier molecular flexibility index (Phi) is 5.18. The van der Waals surface area contributed by atoms with Crippen molar-refractivity contribution in [2.45, 2.75) is 11.0 Å². The van der Waals surface area contributed by atoms with Gasteiger partial charge >= 0.3 is 0 Å². The molecule has 0 aliphatic carbocycles. The van der Waals surface area contributed by atoms with Crippen LogP contribution in [0.25, 0.3) is 0 Å². The molecule has 2 rings (SSSR count). The summed E-state index contributed by atoms with van der Waals surface area (Å²) in [6.45, 7) is 0. The average Bonchev–Trinajstić information content (AvgIpc) is 2.49. The number of nitrogens with two attached hydrogens (primary N) is 1. The number of hydrogen-bond donors (Lipinski definition) is 1. The van der Waals surface area contributed by atoms with Crippen LogP contribution in [0.3, 0.4) is 0 Å². The molecule has 0 aromatic heterocycles. The van der Waals surface area contributed by atoms with Crippen LogP contribution in [-0.2, 0) is 25.2 Å². The van der Waals surface area contributed by atoms with E-state index in [0.29, 0.717) is 5.56 Å². The number of primary amides is 1. The molecule has 0 radical (unpaired) electrons. The highest BCUT2D eigenvalue weighted by molar-refractivity contribution is 7.91. The van der Waals surface area contributed by atoms with E-state index in [1.54, 1.807) is 42.5 Å². The maximum absolute atomic E-state index is 12.7. The number of Topliss-reactive ketones (excluding diaryl/α,β-unsaturated/α-hetero) is 1. The third-order valence-electron chi connectivity index (χ3n) is 3.24. The fourth-order valence-electron chi connectivity index (χ4n) is 2.20. The van der Waals surface area contributed by atoms with Crippen LogP contribution in [0.4, 0.5) is 0 Å². The SMILES string of the molecule is NC(=O)C(=O)[C@H](c1ccccc1Cl)S(=O)(=O)Cc1ccccc1. The van der Waals surface area contributed by atoms with E-state index in [4.69, 9.17) is 17.3 Å². The van der Waals surface area contributed by atoms with Crippen LogP contribution < -0.4 is 5.73 Å². The molecule has 2 aromatic rings. The fourth-order valence-corrected chi connectivity index (χ4v) is 4.37. The number of halogens is 1. The quantitative estimate of drug-likeness (QED) is 0.806. The smallest absolute Gasteiger partial charge is 0.286 e. The molecule has 7 heteroatoms. The Morgan fingerprint density at radius 3 is 2.13 bits per heavy atom. The highest BCUT2D eigenvalue weighted by atomic mass is 35.5. The van der Waals surface area contributed by atoms with Gasteiger partial charge in [-0.05, 0) is 17.2 Å². The molecule has 0 spiro atoms. The maximum atomic E-state index is 12.7. The first-order valence-electron chi connectivity index (χ1n) is 6.66. The minimum atomic E-state index is -4.03. The number of ketones is 1.